The fraction of sp³-hybridized carbons (Fsp3) is 0.941. The highest BCUT2D eigenvalue weighted by Gasteiger charge is 2.37. The van der Waals surface area contributed by atoms with Crippen molar-refractivity contribution in [2.24, 2.45) is 5.41 Å². The Morgan fingerprint density at radius 1 is 1.33 bits per heavy atom. The van der Waals surface area contributed by atoms with Crippen LogP contribution in [-0.4, -0.2) is 49.1 Å². The summed E-state index contributed by atoms with van der Waals surface area (Å²) in [6.07, 6.45) is 7.06. The number of nitrogens with one attached hydrogen (secondary N) is 2. The molecule has 2 aliphatic rings. The molecule has 21 heavy (non-hydrogen) atoms. The van der Waals surface area contributed by atoms with Crippen LogP contribution in [0.15, 0.2) is 0 Å². The number of hydrogen-bond donors (Lipinski definition) is 2. The first kappa shape index (κ1) is 16.8. The van der Waals surface area contributed by atoms with Gasteiger partial charge < -0.3 is 15.5 Å². The summed E-state index contributed by atoms with van der Waals surface area (Å²) in [5, 5.41) is 6.71. The van der Waals surface area contributed by atoms with Crippen LogP contribution < -0.4 is 10.6 Å². The second-order valence-electron chi connectivity index (χ2n) is 7.46. The van der Waals surface area contributed by atoms with Gasteiger partial charge >= 0.3 is 0 Å². The highest BCUT2D eigenvalue weighted by Crippen LogP contribution is 2.30. The van der Waals surface area contributed by atoms with Gasteiger partial charge in [-0.25, -0.2) is 0 Å². The maximum atomic E-state index is 12.5. The van der Waals surface area contributed by atoms with Crippen molar-refractivity contribution in [2.45, 2.75) is 71.4 Å². The lowest BCUT2D eigenvalue weighted by molar-refractivity contribution is -0.127. The molecule has 0 aromatic carbocycles. The number of unbranched alkanes of at least 4 members (excludes halogenated alkanes) is 1. The fourth-order valence-electron chi connectivity index (χ4n) is 3.63. The van der Waals surface area contributed by atoms with Crippen LogP contribution in [0.4, 0.5) is 0 Å². The lowest BCUT2D eigenvalue weighted by Crippen LogP contribution is -2.58. The van der Waals surface area contributed by atoms with Gasteiger partial charge in [0, 0.05) is 19.1 Å². The summed E-state index contributed by atoms with van der Waals surface area (Å²) in [6, 6.07) is 0.347. The molecule has 4 heteroatoms. The minimum absolute atomic E-state index is 0.0237. The Hall–Kier alpha value is -0.610. The molecule has 2 rings (SSSR count). The minimum Gasteiger partial charge on any atom is -0.352 e. The van der Waals surface area contributed by atoms with Crippen LogP contribution in [0.2, 0.25) is 0 Å². The van der Waals surface area contributed by atoms with Gasteiger partial charge in [-0.1, -0.05) is 27.2 Å². The van der Waals surface area contributed by atoms with Crippen LogP contribution in [0.25, 0.3) is 0 Å². The fourth-order valence-corrected chi connectivity index (χ4v) is 3.63. The van der Waals surface area contributed by atoms with Crippen molar-refractivity contribution in [2.75, 3.05) is 26.2 Å². The van der Waals surface area contributed by atoms with Gasteiger partial charge in [0.1, 0.15) is 0 Å². The quantitative estimate of drug-likeness (QED) is 0.817. The van der Waals surface area contributed by atoms with E-state index in [4.69, 9.17) is 0 Å². The molecule has 1 atom stereocenters. The first-order chi connectivity index (χ1) is 10.0. The Balaban J connectivity index is 1.76. The van der Waals surface area contributed by atoms with Crippen molar-refractivity contribution >= 4 is 5.91 Å². The summed E-state index contributed by atoms with van der Waals surface area (Å²) < 4.78 is 0. The zero-order valence-electron chi connectivity index (χ0n) is 14.1. The Labute approximate surface area is 130 Å². The average Bonchev–Trinajstić information content (AvgIpc) is 2.46. The second-order valence-corrected chi connectivity index (χ2v) is 7.46. The van der Waals surface area contributed by atoms with Crippen molar-refractivity contribution in [3.63, 3.8) is 0 Å². The van der Waals surface area contributed by atoms with E-state index in [1.807, 2.05) is 0 Å². The lowest BCUT2D eigenvalue weighted by atomic mass is 9.77. The Morgan fingerprint density at radius 3 is 2.67 bits per heavy atom. The van der Waals surface area contributed by atoms with E-state index < -0.39 is 0 Å². The van der Waals surface area contributed by atoms with Crippen molar-refractivity contribution in [3.05, 3.63) is 0 Å². The van der Waals surface area contributed by atoms with Gasteiger partial charge in [0.15, 0.2) is 0 Å². The van der Waals surface area contributed by atoms with Crippen molar-refractivity contribution in [1.29, 1.82) is 0 Å². The number of rotatable bonds is 5. The SMILES string of the molecule is CCCCN1CCC(NC(=O)C2NCCCC2(C)C)CC1. The molecule has 2 heterocycles. The first-order valence-corrected chi connectivity index (χ1v) is 8.79. The van der Waals surface area contributed by atoms with Crippen LogP contribution in [0, 0.1) is 5.41 Å². The van der Waals surface area contributed by atoms with E-state index in [-0.39, 0.29) is 17.4 Å². The number of piperidine rings is 2. The second kappa shape index (κ2) is 7.59. The number of hydrogen-bond acceptors (Lipinski definition) is 3. The highest BCUT2D eigenvalue weighted by molar-refractivity contribution is 5.83. The van der Waals surface area contributed by atoms with Gasteiger partial charge in [-0.15, -0.1) is 0 Å². The van der Waals surface area contributed by atoms with E-state index in [0.717, 1.165) is 38.9 Å². The minimum atomic E-state index is -0.0237. The monoisotopic (exact) mass is 295 g/mol. The molecule has 1 unspecified atom stereocenters. The van der Waals surface area contributed by atoms with Crippen LogP contribution in [0.1, 0.15) is 59.3 Å². The van der Waals surface area contributed by atoms with Gasteiger partial charge in [-0.05, 0) is 50.6 Å². The summed E-state index contributed by atoms with van der Waals surface area (Å²) in [5.74, 6) is 0.215. The summed E-state index contributed by atoms with van der Waals surface area (Å²) >= 11 is 0. The third kappa shape index (κ3) is 4.68. The number of likely N-dealkylation sites (tertiary alicyclic amines) is 1. The largest absolute Gasteiger partial charge is 0.352 e. The van der Waals surface area contributed by atoms with E-state index in [2.05, 4.69) is 36.3 Å². The molecule has 0 aliphatic carbocycles. The molecular weight excluding hydrogens is 262 g/mol. The van der Waals surface area contributed by atoms with Crippen LogP contribution in [0.5, 0.6) is 0 Å². The number of nitrogens with zero attached hydrogens (tertiary/aromatic N) is 1. The number of carbonyl (C=O) groups is 1. The summed E-state index contributed by atoms with van der Waals surface area (Å²) in [6.45, 7) is 11.1. The zero-order valence-corrected chi connectivity index (χ0v) is 14.1. The van der Waals surface area contributed by atoms with Gasteiger partial charge in [0.2, 0.25) is 5.91 Å². The number of carbonyl (C=O) groups excluding carboxylic acids is 1. The van der Waals surface area contributed by atoms with E-state index >= 15 is 0 Å². The van der Waals surface area contributed by atoms with Gasteiger partial charge in [-0.2, -0.15) is 0 Å². The Bertz CT molecular complexity index is 335. The molecule has 0 aromatic rings. The van der Waals surface area contributed by atoms with E-state index in [1.165, 1.54) is 25.8 Å². The van der Waals surface area contributed by atoms with Gasteiger partial charge in [0.25, 0.3) is 0 Å². The molecule has 0 aromatic heterocycles. The smallest absolute Gasteiger partial charge is 0.237 e. The summed E-state index contributed by atoms with van der Waals surface area (Å²) in [4.78, 5) is 15.1. The molecule has 4 nitrogen and oxygen atoms in total. The molecule has 1 amide bonds. The molecule has 2 aliphatic heterocycles. The van der Waals surface area contributed by atoms with Crippen LogP contribution in [-0.2, 0) is 4.79 Å². The highest BCUT2D eigenvalue weighted by atomic mass is 16.2. The summed E-state index contributed by atoms with van der Waals surface area (Å²) in [5.41, 5.74) is 0.0736. The molecule has 0 spiro atoms. The van der Waals surface area contributed by atoms with E-state index in [0.29, 0.717) is 6.04 Å². The normalized spacial score (nSPS) is 27.5. The Morgan fingerprint density at radius 2 is 2.05 bits per heavy atom. The molecule has 2 N–H and O–H groups in total. The molecule has 0 saturated carbocycles. The van der Waals surface area contributed by atoms with Gasteiger partial charge in [0.05, 0.1) is 6.04 Å². The average molecular weight is 295 g/mol. The van der Waals surface area contributed by atoms with E-state index in [9.17, 15) is 4.79 Å². The number of amides is 1. The third-order valence-electron chi connectivity index (χ3n) is 5.15. The molecule has 0 bridgehead atoms. The maximum absolute atomic E-state index is 12.5. The first-order valence-electron chi connectivity index (χ1n) is 8.79. The molecule has 2 fully saturated rings. The van der Waals surface area contributed by atoms with Crippen molar-refractivity contribution < 1.29 is 4.79 Å². The maximum Gasteiger partial charge on any atom is 0.237 e. The molecule has 2 saturated heterocycles. The molecule has 122 valence electrons. The topological polar surface area (TPSA) is 44.4 Å². The predicted octanol–water partition coefficient (Wildman–Crippen LogP) is 2.15. The van der Waals surface area contributed by atoms with Gasteiger partial charge in [-0.3, -0.25) is 4.79 Å². The van der Waals surface area contributed by atoms with Crippen molar-refractivity contribution in [1.82, 2.24) is 15.5 Å². The standard InChI is InChI=1S/C17H33N3O/c1-4-5-11-20-12-7-14(8-13-20)19-16(21)15-17(2,3)9-6-10-18-15/h14-15,18H,4-13H2,1-3H3,(H,19,21). The third-order valence-corrected chi connectivity index (χ3v) is 5.15. The summed E-state index contributed by atoms with van der Waals surface area (Å²) in [7, 11) is 0. The zero-order chi connectivity index (χ0) is 15.3. The van der Waals surface area contributed by atoms with E-state index in [1.54, 1.807) is 0 Å². The van der Waals surface area contributed by atoms with Crippen molar-refractivity contribution in [3.8, 4) is 0 Å². The molecule has 0 radical (unpaired) electrons. The molecular formula is C17H33N3O. The Kier molecular flexibility index (Phi) is 6.06. The lowest BCUT2D eigenvalue weighted by Gasteiger charge is -2.40. The van der Waals surface area contributed by atoms with Crippen LogP contribution in [0.3, 0.4) is 0 Å². The van der Waals surface area contributed by atoms with Crippen LogP contribution >= 0.6 is 0 Å². The predicted molar refractivity (Wildman–Crippen MR) is 87.3 cm³/mol.